The van der Waals surface area contributed by atoms with Gasteiger partial charge in [0, 0.05) is 98.0 Å². The second kappa shape index (κ2) is 51.7. The molecular weight excluding hydrogens is 1810 g/mol. The Morgan fingerprint density at radius 2 is 0.583 bits per heavy atom. The number of fused-ring (bicyclic) bond motifs is 1. The summed E-state index contributed by atoms with van der Waals surface area (Å²) in [5, 5.41) is 113. The number of H-pyrrole nitrogens is 6. The lowest BCUT2D eigenvalue weighted by Gasteiger charge is -2.01. The van der Waals surface area contributed by atoms with Crippen LogP contribution >= 0.6 is 11.6 Å². The standard InChI is InChI=1S/C22H16N4.C19H15N5O2.C19H16N4O.C19H16N4.C18H13ClN4.C18H14N4/c23-14-20-21(13-16-7-2-1-3-8-16)25-26-22(20)24-15-18-11-6-10-17-9-4-5-12-19(17)18;1-13-7-8-15(10-18(13)24(25)26)12-21-19-16(11-20)17(22-23-19)9-14-5-3-2-4-6-14;1-24-16-9-7-15(8-10-16)13-21-19-17(12-20)18(22-23-19)11-14-5-3-2-4-6-14;1-14-7-9-16(10-8-14)13-21-19-17(12-20)18(22-23-19)11-15-5-3-2-4-6-15;19-15-8-4-7-14(9-15)10-17-16(11-20)18(23-22-17)21-12-13-5-2-1-3-6-13;19-12-16-17(11-14-7-3-1-4-8-14)21-22-18(16)20-13-15-9-5-2-6-10-15/h1-12,15H,13H2,(H,25,26);2-8,10,12H,9H2,1H3,(H,22,23);2-10,13H,11H2,1H3,(H,22,23);2-10,13H,11H2,1H3,(H,22,23);1-9,12H,10H2,(H,22,23);1-10,13H,11H2,(H,21,22). The van der Waals surface area contributed by atoms with Gasteiger partial charge in [-0.05, 0) is 122 Å². The van der Waals surface area contributed by atoms with Crippen LogP contribution in [0, 0.1) is 91.9 Å². The van der Waals surface area contributed by atoms with Crippen LogP contribution in [-0.2, 0) is 38.5 Å². The van der Waals surface area contributed by atoms with E-state index in [0.717, 1.165) is 106 Å². The monoisotopic (exact) mass is 1900 g/mol. The number of ether oxygens (including phenoxy) is 1. The third-order valence-electron chi connectivity index (χ3n) is 22.0. The van der Waals surface area contributed by atoms with Gasteiger partial charge in [0.25, 0.3) is 5.69 Å². The van der Waals surface area contributed by atoms with E-state index in [4.69, 9.17) is 16.3 Å². The highest BCUT2D eigenvalue weighted by atomic mass is 35.5. The molecule has 6 N–H and O–H groups in total. The number of aromatic nitrogens is 12. The minimum absolute atomic E-state index is 0.0289. The van der Waals surface area contributed by atoms with Crippen molar-refractivity contribution in [3.05, 3.63) is 506 Å². The minimum Gasteiger partial charge on any atom is -0.497 e. The fourth-order valence-corrected chi connectivity index (χ4v) is 14.8. The summed E-state index contributed by atoms with van der Waals surface area (Å²) in [6.45, 7) is 3.72. The summed E-state index contributed by atoms with van der Waals surface area (Å²) >= 11 is 5.99. The molecule has 0 aliphatic heterocycles. The van der Waals surface area contributed by atoms with Crippen LogP contribution in [0.1, 0.15) is 145 Å². The number of benzene rings is 13. The number of aliphatic imine (C=N–C) groups is 6. The van der Waals surface area contributed by atoms with E-state index >= 15 is 0 Å². The average Bonchev–Trinajstić information content (AvgIpc) is 1.57. The lowest BCUT2D eigenvalue weighted by Crippen LogP contribution is -1.93. The number of rotatable bonds is 26. The van der Waals surface area contributed by atoms with E-state index in [-0.39, 0.29) is 11.5 Å². The summed E-state index contributed by atoms with van der Waals surface area (Å²) in [5.41, 5.74) is 21.1. The number of nitriles is 6. The fraction of sp³-hybridized carbons (Fsp3) is 0.0783. The van der Waals surface area contributed by atoms with Crippen LogP contribution in [0.5, 0.6) is 5.75 Å². The number of nitrogens with zero attached hydrogens (tertiary/aromatic N) is 19. The molecular formula is C115H90ClN25O3. The van der Waals surface area contributed by atoms with Crippen molar-refractivity contribution in [2.75, 3.05) is 7.11 Å². The lowest BCUT2D eigenvalue weighted by molar-refractivity contribution is -0.385. The highest BCUT2D eigenvalue weighted by molar-refractivity contribution is 6.30. The van der Waals surface area contributed by atoms with Crippen molar-refractivity contribution in [1.29, 1.82) is 31.6 Å². The van der Waals surface area contributed by atoms with Crippen LogP contribution in [0.2, 0.25) is 5.02 Å². The first-order valence-corrected chi connectivity index (χ1v) is 45.6. The summed E-state index contributed by atoms with van der Waals surface area (Å²) in [6.07, 6.45) is 13.7. The molecule has 0 saturated heterocycles. The van der Waals surface area contributed by atoms with Gasteiger partial charge >= 0.3 is 0 Å². The molecule has 13 aromatic carbocycles. The molecule has 0 radical (unpaired) electrons. The van der Waals surface area contributed by atoms with Crippen LogP contribution in [-0.4, -0.2) is 111 Å². The highest BCUT2D eigenvalue weighted by Crippen LogP contribution is 2.30. The zero-order valence-electron chi connectivity index (χ0n) is 78.2. The van der Waals surface area contributed by atoms with Crippen molar-refractivity contribution in [3.8, 4) is 42.2 Å². The van der Waals surface area contributed by atoms with Gasteiger partial charge in [0.1, 0.15) is 75.5 Å². The largest absolute Gasteiger partial charge is 0.497 e. The molecule has 0 spiro atoms. The van der Waals surface area contributed by atoms with Crippen molar-refractivity contribution >= 4 is 100 Å². The first kappa shape index (κ1) is 99.8. The van der Waals surface area contributed by atoms with Crippen molar-refractivity contribution in [1.82, 2.24) is 61.2 Å². The molecule has 0 fully saturated rings. The average molecular weight is 1910 g/mol. The van der Waals surface area contributed by atoms with E-state index < -0.39 is 4.92 Å². The number of nitro groups is 1. The predicted molar refractivity (Wildman–Crippen MR) is 563 cm³/mol. The van der Waals surface area contributed by atoms with Gasteiger partial charge in [0.05, 0.1) is 46.2 Å². The van der Waals surface area contributed by atoms with Crippen molar-refractivity contribution in [3.63, 3.8) is 0 Å². The van der Waals surface area contributed by atoms with Crippen LogP contribution in [0.15, 0.2) is 376 Å². The van der Waals surface area contributed by atoms with Gasteiger partial charge in [-0.1, -0.05) is 320 Å². The Bertz CT molecular complexity index is 7980. The van der Waals surface area contributed by atoms with Gasteiger partial charge in [-0.2, -0.15) is 62.2 Å². The Balaban J connectivity index is 0.000000137. The van der Waals surface area contributed by atoms with Crippen LogP contribution in [0.3, 0.4) is 0 Å². The Kier molecular flexibility index (Phi) is 35.8. The molecule has 0 amide bonds. The summed E-state index contributed by atoms with van der Waals surface area (Å²) in [4.78, 5) is 36.6. The number of aryl methyl sites for hydroxylation is 2. The molecule has 0 bridgehead atoms. The molecule has 0 atom stereocenters. The van der Waals surface area contributed by atoms with Crippen LogP contribution < -0.4 is 4.74 Å². The topological polar surface area (TPSA) is 441 Å². The van der Waals surface area contributed by atoms with Gasteiger partial charge < -0.3 is 4.74 Å². The number of aromatic amines is 6. The van der Waals surface area contributed by atoms with Gasteiger partial charge in [0.2, 0.25) is 0 Å². The zero-order chi connectivity index (χ0) is 100. The van der Waals surface area contributed by atoms with E-state index in [1.807, 2.05) is 316 Å². The Hall–Kier alpha value is -20.2. The second-order valence-corrected chi connectivity index (χ2v) is 32.6. The molecule has 28 nitrogen and oxygen atoms in total. The normalized spacial score (nSPS) is 10.8. The summed E-state index contributed by atoms with van der Waals surface area (Å²) < 4.78 is 5.12. The molecule has 6 aromatic heterocycles. The molecule has 144 heavy (non-hydrogen) atoms. The van der Waals surface area contributed by atoms with E-state index in [1.165, 1.54) is 17.8 Å². The summed E-state index contributed by atoms with van der Waals surface area (Å²) in [7, 11) is 1.63. The minimum atomic E-state index is -0.431. The molecule has 19 aromatic rings. The van der Waals surface area contributed by atoms with Crippen molar-refractivity contribution < 1.29 is 9.66 Å². The molecule has 29 heteroatoms. The van der Waals surface area contributed by atoms with E-state index in [2.05, 4.69) is 146 Å². The summed E-state index contributed by atoms with van der Waals surface area (Å²) in [5.74, 6) is 3.13. The molecule has 0 aliphatic carbocycles. The number of methoxy groups -OCH3 is 1. The molecule has 0 aliphatic rings. The smallest absolute Gasteiger partial charge is 0.272 e. The fourth-order valence-electron chi connectivity index (χ4n) is 14.6. The molecule has 0 saturated carbocycles. The number of hydrogen-bond donors (Lipinski definition) is 6. The van der Waals surface area contributed by atoms with E-state index in [0.29, 0.717) is 123 Å². The SMILES string of the molecule is COc1ccc(C=Nc2n[nH]c(Cc3ccccc3)c2C#N)cc1.Cc1ccc(C=Nc2n[nH]c(Cc3ccccc3)c2C#N)cc1.Cc1ccc(C=Nc2n[nH]c(Cc3ccccc3)c2C#N)cc1[N+](=O)[O-].N#Cc1c(N=Cc2cccc3ccccc23)n[nH]c1Cc1ccccc1.N#Cc1c(N=Cc2ccccc2)n[nH]c1Cc1cccc(Cl)c1.N#Cc1c(N=Cc2ccccc2)n[nH]c1Cc1ccccc1. The quantitative estimate of drug-likeness (QED) is 0.0167. The third kappa shape index (κ3) is 28.5. The van der Waals surface area contributed by atoms with Crippen LogP contribution in [0.4, 0.5) is 40.6 Å². The number of nitrogens with one attached hydrogen (secondary N) is 6. The second-order valence-electron chi connectivity index (χ2n) is 32.1. The Morgan fingerprint density at radius 1 is 0.312 bits per heavy atom. The first-order chi connectivity index (χ1) is 70.6. The van der Waals surface area contributed by atoms with E-state index in [9.17, 15) is 41.7 Å². The molecule has 700 valence electrons. The lowest BCUT2D eigenvalue weighted by atomic mass is 10.1. The maximum absolute atomic E-state index is 11.0. The van der Waals surface area contributed by atoms with Crippen LogP contribution in [0.25, 0.3) is 10.8 Å². The van der Waals surface area contributed by atoms with Gasteiger partial charge in [-0.15, -0.1) is 0 Å². The third-order valence-corrected chi connectivity index (χ3v) is 22.3. The molecule has 0 unspecified atom stereocenters. The molecule has 6 heterocycles. The first-order valence-electron chi connectivity index (χ1n) is 45.2. The number of halogens is 1. The maximum atomic E-state index is 11.0. The Morgan fingerprint density at radius 3 is 0.910 bits per heavy atom. The molecule has 19 rings (SSSR count). The van der Waals surface area contributed by atoms with Crippen molar-refractivity contribution in [2.45, 2.75) is 52.4 Å². The Labute approximate surface area is 835 Å². The predicted octanol–water partition coefficient (Wildman–Crippen LogP) is 24.1. The number of nitro benzene ring substituents is 1. The zero-order valence-corrected chi connectivity index (χ0v) is 79.0. The van der Waals surface area contributed by atoms with E-state index in [1.54, 1.807) is 57.2 Å². The van der Waals surface area contributed by atoms with Gasteiger partial charge in [-0.25, -0.2) is 30.0 Å². The maximum Gasteiger partial charge on any atom is 0.272 e. The van der Waals surface area contributed by atoms with Gasteiger partial charge in [0.15, 0.2) is 34.9 Å². The summed E-state index contributed by atoms with van der Waals surface area (Å²) in [6, 6.07) is 124. The number of hydrogen-bond acceptors (Lipinski definition) is 21. The van der Waals surface area contributed by atoms with Gasteiger partial charge in [-0.3, -0.25) is 40.7 Å². The van der Waals surface area contributed by atoms with Crippen molar-refractivity contribution in [2.24, 2.45) is 30.0 Å². The highest BCUT2D eigenvalue weighted by Gasteiger charge is 2.20.